The Hall–Kier alpha value is -2.18. The lowest BCUT2D eigenvalue weighted by atomic mass is 9.85. The Morgan fingerprint density at radius 3 is 2.73 bits per heavy atom. The molecule has 15 heavy (non-hydrogen) atoms. The number of allylic oxidation sites excluding steroid dienone is 2. The third kappa shape index (κ3) is 1.37. The van der Waals surface area contributed by atoms with E-state index in [9.17, 15) is 19.7 Å². The third-order valence-corrected chi connectivity index (χ3v) is 2.35. The number of nitro groups is 1. The number of hydrazine groups is 1. The van der Waals surface area contributed by atoms with Crippen LogP contribution in [0.5, 0.6) is 0 Å². The number of nitrogens with one attached hydrogen (secondary N) is 2. The minimum Gasteiger partial charge on any atom is -0.272 e. The largest absolute Gasteiger partial charge is 0.272 e. The molecule has 0 saturated carbocycles. The van der Waals surface area contributed by atoms with Gasteiger partial charge in [-0.25, -0.2) is 0 Å². The van der Waals surface area contributed by atoms with Crippen LogP contribution >= 0.6 is 0 Å². The van der Waals surface area contributed by atoms with E-state index in [4.69, 9.17) is 0 Å². The summed E-state index contributed by atoms with van der Waals surface area (Å²) in [4.78, 5) is 32.8. The van der Waals surface area contributed by atoms with Crippen LogP contribution in [0.1, 0.15) is 0 Å². The summed E-state index contributed by atoms with van der Waals surface area (Å²) >= 11 is 0. The monoisotopic (exact) mass is 209 g/mol. The smallest absolute Gasteiger partial charge is 0.266 e. The molecular formula is C8H7N3O4. The molecule has 0 aromatic rings. The molecule has 2 N–H and O–H groups in total. The van der Waals surface area contributed by atoms with Crippen LogP contribution in [0.4, 0.5) is 0 Å². The molecule has 1 heterocycles. The van der Waals surface area contributed by atoms with Gasteiger partial charge >= 0.3 is 0 Å². The van der Waals surface area contributed by atoms with E-state index in [2.05, 4.69) is 10.9 Å². The van der Waals surface area contributed by atoms with E-state index in [1.54, 1.807) is 0 Å². The van der Waals surface area contributed by atoms with E-state index in [1.165, 1.54) is 18.2 Å². The van der Waals surface area contributed by atoms with Gasteiger partial charge in [-0.1, -0.05) is 12.2 Å². The average molecular weight is 209 g/mol. The van der Waals surface area contributed by atoms with Gasteiger partial charge in [-0.2, -0.15) is 0 Å². The van der Waals surface area contributed by atoms with Crippen molar-refractivity contribution < 1.29 is 14.5 Å². The number of hydrogen-bond donors (Lipinski definition) is 2. The van der Waals surface area contributed by atoms with Crippen LogP contribution in [-0.4, -0.2) is 22.8 Å². The Balaban J connectivity index is 2.41. The zero-order valence-electron chi connectivity index (χ0n) is 7.47. The molecule has 2 unspecified atom stereocenters. The van der Waals surface area contributed by atoms with E-state index in [1.807, 2.05) is 0 Å². The Kier molecular flexibility index (Phi) is 2.00. The number of rotatable bonds is 1. The van der Waals surface area contributed by atoms with Gasteiger partial charge < -0.3 is 0 Å². The van der Waals surface area contributed by atoms with Gasteiger partial charge in [-0.3, -0.25) is 30.6 Å². The van der Waals surface area contributed by atoms with Gasteiger partial charge in [0.2, 0.25) is 6.04 Å². The molecule has 7 nitrogen and oxygen atoms in total. The number of carbonyl (C=O) groups is 2. The Labute approximate surface area is 83.9 Å². The normalized spacial score (nSPS) is 28.7. The molecule has 1 fully saturated rings. The maximum Gasteiger partial charge on any atom is 0.266 e. The van der Waals surface area contributed by atoms with Gasteiger partial charge in [-0.15, -0.1) is 0 Å². The lowest BCUT2D eigenvalue weighted by Gasteiger charge is -2.27. The van der Waals surface area contributed by atoms with Crippen LogP contribution in [-0.2, 0) is 9.59 Å². The molecule has 0 spiro atoms. The van der Waals surface area contributed by atoms with Crippen molar-refractivity contribution in [2.45, 2.75) is 6.04 Å². The Bertz CT molecular complexity index is 412. The summed E-state index contributed by atoms with van der Waals surface area (Å²) in [5.74, 6) is -2.10. The summed E-state index contributed by atoms with van der Waals surface area (Å²) in [6, 6.07) is -1.17. The molecule has 0 aromatic carbocycles. The maximum atomic E-state index is 11.4. The Morgan fingerprint density at radius 1 is 1.33 bits per heavy atom. The van der Waals surface area contributed by atoms with E-state index >= 15 is 0 Å². The zero-order valence-corrected chi connectivity index (χ0v) is 7.47. The predicted octanol–water partition coefficient (Wildman–Crippen LogP) is -1.09. The van der Waals surface area contributed by atoms with Crippen molar-refractivity contribution in [1.82, 2.24) is 10.9 Å². The van der Waals surface area contributed by atoms with Crippen molar-refractivity contribution in [2.24, 2.45) is 5.92 Å². The molecule has 2 aliphatic rings. The topological polar surface area (TPSA) is 101 Å². The van der Waals surface area contributed by atoms with Gasteiger partial charge in [0.1, 0.15) is 5.92 Å². The number of nitrogens with zero attached hydrogens (tertiary/aromatic N) is 1. The van der Waals surface area contributed by atoms with Crippen LogP contribution < -0.4 is 10.9 Å². The molecule has 1 saturated heterocycles. The minimum atomic E-state index is -1.17. The van der Waals surface area contributed by atoms with Gasteiger partial charge in [0.25, 0.3) is 11.8 Å². The fraction of sp³-hybridized carbons (Fsp3) is 0.250. The summed E-state index contributed by atoms with van der Waals surface area (Å²) in [5.41, 5.74) is 4.35. The number of amides is 2. The molecule has 7 heteroatoms. The first-order valence-electron chi connectivity index (χ1n) is 4.23. The number of hydrogen-bond acceptors (Lipinski definition) is 4. The van der Waals surface area contributed by atoms with Crippen LogP contribution in [0.25, 0.3) is 0 Å². The molecule has 78 valence electrons. The summed E-state index contributed by atoms with van der Waals surface area (Å²) < 4.78 is 0. The summed E-state index contributed by atoms with van der Waals surface area (Å²) in [7, 11) is 0. The fourth-order valence-corrected chi connectivity index (χ4v) is 1.65. The first-order chi connectivity index (χ1) is 7.11. The van der Waals surface area contributed by atoms with Crippen molar-refractivity contribution in [3.63, 3.8) is 0 Å². The maximum absolute atomic E-state index is 11.4. The van der Waals surface area contributed by atoms with Gasteiger partial charge in [-0.05, 0) is 6.08 Å². The van der Waals surface area contributed by atoms with Crippen molar-refractivity contribution in [3.8, 4) is 0 Å². The van der Waals surface area contributed by atoms with E-state index in [0.717, 1.165) is 0 Å². The summed E-state index contributed by atoms with van der Waals surface area (Å²) in [6.45, 7) is 0. The molecule has 1 aliphatic carbocycles. The first kappa shape index (κ1) is 9.38. The second kappa shape index (κ2) is 3.19. The molecule has 1 aliphatic heterocycles. The molecular weight excluding hydrogens is 202 g/mol. The van der Waals surface area contributed by atoms with Crippen LogP contribution in [0.2, 0.25) is 0 Å². The van der Waals surface area contributed by atoms with E-state index in [-0.39, 0.29) is 5.57 Å². The summed E-state index contributed by atoms with van der Waals surface area (Å²) in [6.07, 6.45) is 4.13. The highest BCUT2D eigenvalue weighted by atomic mass is 16.6. The highest BCUT2D eigenvalue weighted by Crippen LogP contribution is 2.25. The summed E-state index contributed by atoms with van der Waals surface area (Å²) in [5, 5.41) is 10.7. The lowest BCUT2D eigenvalue weighted by Crippen LogP contribution is -2.56. The molecule has 2 amide bonds. The van der Waals surface area contributed by atoms with Crippen LogP contribution in [0, 0.1) is 16.0 Å². The molecule has 0 radical (unpaired) electrons. The molecule has 0 aromatic heterocycles. The van der Waals surface area contributed by atoms with Crippen LogP contribution in [0.3, 0.4) is 0 Å². The second-order valence-corrected chi connectivity index (χ2v) is 3.20. The Morgan fingerprint density at radius 2 is 2.07 bits per heavy atom. The lowest BCUT2D eigenvalue weighted by molar-refractivity contribution is -0.514. The standard InChI is InChI=1S/C8H7N3O4/c12-7-4-2-1-3-5(11(14)15)6(4)8(13)10-9-7/h1-3,5-6H,(H,9,12)(H,10,13). The second-order valence-electron chi connectivity index (χ2n) is 3.20. The van der Waals surface area contributed by atoms with Crippen molar-refractivity contribution >= 4 is 11.8 Å². The van der Waals surface area contributed by atoms with Gasteiger partial charge in [0.05, 0.1) is 0 Å². The minimum absolute atomic E-state index is 0.128. The average Bonchev–Trinajstić information content (AvgIpc) is 2.23. The van der Waals surface area contributed by atoms with Gasteiger partial charge in [0.15, 0.2) is 0 Å². The SMILES string of the molecule is O=C1NNC(=O)C2C1=CC=CC2[N+](=O)[O-]. The number of fused-ring (bicyclic) bond motifs is 1. The third-order valence-electron chi connectivity index (χ3n) is 2.35. The van der Waals surface area contributed by atoms with Crippen molar-refractivity contribution in [2.75, 3.05) is 0 Å². The van der Waals surface area contributed by atoms with Crippen LogP contribution in [0.15, 0.2) is 23.8 Å². The van der Waals surface area contributed by atoms with Gasteiger partial charge in [0, 0.05) is 10.5 Å². The highest BCUT2D eigenvalue weighted by molar-refractivity contribution is 6.05. The fourth-order valence-electron chi connectivity index (χ4n) is 1.65. The quantitative estimate of drug-likeness (QED) is 0.423. The van der Waals surface area contributed by atoms with E-state index < -0.39 is 28.7 Å². The number of carbonyl (C=O) groups excluding carboxylic acids is 2. The predicted molar refractivity (Wildman–Crippen MR) is 47.8 cm³/mol. The highest BCUT2D eigenvalue weighted by Gasteiger charge is 2.44. The molecule has 2 rings (SSSR count). The van der Waals surface area contributed by atoms with Crippen molar-refractivity contribution in [3.05, 3.63) is 33.9 Å². The molecule has 0 bridgehead atoms. The van der Waals surface area contributed by atoms with Crippen molar-refractivity contribution in [1.29, 1.82) is 0 Å². The first-order valence-corrected chi connectivity index (χ1v) is 4.23. The molecule has 2 atom stereocenters. The zero-order chi connectivity index (χ0) is 11.0. The van der Waals surface area contributed by atoms with E-state index in [0.29, 0.717) is 0 Å².